The number of fused-ring (bicyclic) bond motifs is 2. The summed E-state index contributed by atoms with van der Waals surface area (Å²) < 4.78 is 13.3. The number of rotatable bonds is 7. The van der Waals surface area contributed by atoms with E-state index in [-0.39, 0.29) is 5.82 Å². The van der Waals surface area contributed by atoms with Crippen LogP contribution in [0.2, 0.25) is 0 Å². The Kier molecular flexibility index (Phi) is 7.12. The molecule has 3 aliphatic carbocycles. The van der Waals surface area contributed by atoms with Crippen LogP contribution in [0, 0.1) is 5.82 Å². The molecule has 0 aromatic heterocycles. The Hall–Kier alpha value is -2.93. The number of allylic oxidation sites excluding steroid dienone is 3. The van der Waals surface area contributed by atoms with Gasteiger partial charge < -0.3 is 0 Å². The Morgan fingerprint density at radius 3 is 2.18 bits per heavy atom. The standard InChI is InChI=1S/C37H41F/c1-4-26-19-32(20-27(5-2)34(26)14-7-10-25-15-17-33(38)18-16-25)37-35-23-29-12-8-11-28(29)21-31(35)22-30-13-6-9-24(3)36(30)37/h15-21,23,37H,3-14,22H2,1-2H3/t37-/m1/s1. The van der Waals surface area contributed by atoms with Gasteiger partial charge in [0.2, 0.25) is 0 Å². The predicted molar refractivity (Wildman–Crippen MR) is 158 cm³/mol. The molecule has 1 atom stereocenters. The third kappa shape index (κ3) is 4.70. The van der Waals surface area contributed by atoms with E-state index in [1.165, 1.54) is 59.9 Å². The maximum atomic E-state index is 13.3. The van der Waals surface area contributed by atoms with Gasteiger partial charge in [0.1, 0.15) is 5.82 Å². The zero-order valence-electron chi connectivity index (χ0n) is 23.3. The highest BCUT2D eigenvalue weighted by atomic mass is 19.1. The molecule has 3 aliphatic rings. The third-order valence-corrected chi connectivity index (χ3v) is 9.43. The molecule has 0 aliphatic heterocycles. The van der Waals surface area contributed by atoms with E-state index in [1.54, 1.807) is 51.1 Å². The average molecular weight is 505 g/mol. The average Bonchev–Trinajstić information content (AvgIpc) is 3.39. The summed E-state index contributed by atoms with van der Waals surface area (Å²) in [6.45, 7) is 9.24. The number of hydrogen-bond acceptors (Lipinski definition) is 0. The highest BCUT2D eigenvalue weighted by molar-refractivity contribution is 5.61. The van der Waals surface area contributed by atoms with Gasteiger partial charge in [-0.1, -0.05) is 68.0 Å². The van der Waals surface area contributed by atoms with Gasteiger partial charge in [0.05, 0.1) is 0 Å². The quantitative estimate of drug-likeness (QED) is 0.301. The van der Waals surface area contributed by atoms with E-state index in [2.05, 4.69) is 44.7 Å². The second-order valence-corrected chi connectivity index (χ2v) is 11.8. The molecule has 6 rings (SSSR count). The highest BCUT2D eigenvalue weighted by Gasteiger charge is 2.34. The van der Waals surface area contributed by atoms with Crippen molar-refractivity contribution >= 4 is 0 Å². The highest BCUT2D eigenvalue weighted by Crippen LogP contribution is 2.49. The fourth-order valence-electron chi connectivity index (χ4n) is 7.54. The predicted octanol–water partition coefficient (Wildman–Crippen LogP) is 9.34. The van der Waals surface area contributed by atoms with Crippen molar-refractivity contribution in [3.05, 3.63) is 128 Å². The van der Waals surface area contributed by atoms with Crippen molar-refractivity contribution in [1.82, 2.24) is 0 Å². The van der Waals surface area contributed by atoms with Crippen molar-refractivity contribution < 1.29 is 4.39 Å². The number of aryl methyl sites for hydroxylation is 5. The van der Waals surface area contributed by atoms with Gasteiger partial charge in [-0.3, -0.25) is 0 Å². The normalized spacial score (nSPS) is 18.4. The van der Waals surface area contributed by atoms with Crippen LogP contribution in [0.25, 0.3) is 0 Å². The topological polar surface area (TPSA) is 0 Å². The summed E-state index contributed by atoms with van der Waals surface area (Å²) in [4.78, 5) is 0. The van der Waals surface area contributed by atoms with Gasteiger partial charge in [0, 0.05) is 5.92 Å². The molecule has 0 bridgehead atoms. The minimum Gasteiger partial charge on any atom is -0.207 e. The van der Waals surface area contributed by atoms with E-state index in [4.69, 9.17) is 0 Å². The number of hydrogen-bond donors (Lipinski definition) is 0. The Bertz CT molecular complexity index is 1380. The van der Waals surface area contributed by atoms with Gasteiger partial charge in [0.25, 0.3) is 0 Å². The van der Waals surface area contributed by atoms with E-state index >= 15 is 0 Å². The second kappa shape index (κ2) is 10.7. The molecule has 3 aromatic rings. The molecule has 3 aromatic carbocycles. The van der Waals surface area contributed by atoms with Crippen molar-refractivity contribution in [1.29, 1.82) is 0 Å². The molecule has 0 N–H and O–H groups in total. The zero-order valence-corrected chi connectivity index (χ0v) is 23.3. The summed E-state index contributed by atoms with van der Waals surface area (Å²) in [5.41, 5.74) is 18.2. The number of benzene rings is 3. The maximum absolute atomic E-state index is 13.3. The fourth-order valence-corrected chi connectivity index (χ4v) is 7.54. The Morgan fingerprint density at radius 1 is 0.789 bits per heavy atom. The lowest BCUT2D eigenvalue weighted by atomic mass is 9.67. The summed E-state index contributed by atoms with van der Waals surface area (Å²) in [6.07, 6.45) is 13.8. The molecule has 0 saturated carbocycles. The first kappa shape index (κ1) is 25.4. The lowest BCUT2D eigenvalue weighted by Crippen LogP contribution is -2.21. The van der Waals surface area contributed by atoms with E-state index in [0.717, 1.165) is 44.9 Å². The molecule has 0 saturated heterocycles. The van der Waals surface area contributed by atoms with Crippen LogP contribution >= 0.6 is 0 Å². The van der Waals surface area contributed by atoms with Gasteiger partial charge in [-0.25, -0.2) is 4.39 Å². The van der Waals surface area contributed by atoms with Crippen molar-refractivity contribution in [2.45, 2.75) is 96.8 Å². The summed E-state index contributed by atoms with van der Waals surface area (Å²) in [6, 6.07) is 17.3. The van der Waals surface area contributed by atoms with Gasteiger partial charge in [-0.2, -0.15) is 0 Å². The van der Waals surface area contributed by atoms with Crippen molar-refractivity contribution in [2.24, 2.45) is 0 Å². The van der Waals surface area contributed by atoms with E-state index in [9.17, 15) is 4.39 Å². The summed E-state index contributed by atoms with van der Waals surface area (Å²) in [7, 11) is 0. The van der Waals surface area contributed by atoms with Gasteiger partial charge >= 0.3 is 0 Å². The first-order valence-corrected chi connectivity index (χ1v) is 15.0. The zero-order chi connectivity index (χ0) is 26.2. The lowest BCUT2D eigenvalue weighted by Gasteiger charge is -2.36. The van der Waals surface area contributed by atoms with Crippen LogP contribution in [0.15, 0.2) is 71.8 Å². The SMILES string of the molecule is C=C1CCCC2=C1[C@H](c1cc(CC)c(CCCc3ccc(F)cc3)c(CC)c1)c1cc3c(cc1C2)CCC3. The molecule has 0 fully saturated rings. The second-order valence-electron chi connectivity index (χ2n) is 11.8. The largest absolute Gasteiger partial charge is 0.207 e. The van der Waals surface area contributed by atoms with Crippen molar-refractivity contribution in [3.63, 3.8) is 0 Å². The van der Waals surface area contributed by atoms with Crippen LogP contribution in [-0.4, -0.2) is 0 Å². The first-order chi connectivity index (χ1) is 18.6. The molecule has 0 amide bonds. The number of halogens is 1. The minimum atomic E-state index is -0.154. The van der Waals surface area contributed by atoms with Crippen LogP contribution < -0.4 is 0 Å². The van der Waals surface area contributed by atoms with E-state index < -0.39 is 0 Å². The maximum Gasteiger partial charge on any atom is 0.123 e. The van der Waals surface area contributed by atoms with Crippen LogP contribution in [0.3, 0.4) is 0 Å². The van der Waals surface area contributed by atoms with Crippen LogP contribution in [0.1, 0.15) is 102 Å². The first-order valence-electron chi connectivity index (χ1n) is 15.0. The van der Waals surface area contributed by atoms with Crippen molar-refractivity contribution in [2.75, 3.05) is 0 Å². The summed E-state index contributed by atoms with van der Waals surface area (Å²) in [5, 5.41) is 0. The van der Waals surface area contributed by atoms with Gasteiger partial charge in [-0.15, -0.1) is 0 Å². The lowest BCUT2D eigenvalue weighted by molar-refractivity contribution is 0.626. The van der Waals surface area contributed by atoms with Crippen molar-refractivity contribution in [3.8, 4) is 0 Å². The van der Waals surface area contributed by atoms with Crippen LogP contribution in [0.5, 0.6) is 0 Å². The minimum absolute atomic E-state index is 0.154. The molecule has 38 heavy (non-hydrogen) atoms. The molecule has 0 radical (unpaired) electrons. The fraction of sp³-hybridized carbons (Fsp3) is 0.405. The summed E-state index contributed by atoms with van der Waals surface area (Å²) >= 11 is 0. The molecular weight excluding hydrogens is 463 g/mol. The Balaban J connectivity index is 1.39. The smallest absolute Gasteiger partial charge is 0.123 e. The molecule has 1 heteroatoms. The molecule has 0 heterocycles. The van der Waals surface area contributed by atoms with Crippen LogP contribution in [0.4, 0.5) is 4.39 Å². The molecule has 196 valence electrons. The van der Waals surface area contributed by atoms with Gasteiger partial charge in [0.15, 0.2) is 0 Å². The van der Waals surface area contributed by atoms with Crippen LogP contribution in [-0.2, 0) is 44.9 Å². The molecular formula is C37H41F. The Morgan fingerprint density at radius 2 is 1.47 bits per heavy atom. The Labute approximate surface area is 228 Å². The summed E-state index contributed by atoms with van der Waals surface area (Å²) in [5.74, 6) is 0.176. The van der Waals surface area contributed by atoms with E-state index in [0.29, 0.717) is 5.92 Å². The molecule has 0 unspecified atom stereocenters. The van der Waals surface area contributed by atoms with Gasteiger partial charge in [-0.05, 0) is 145 Å². The molecule has 0 nitrogen and oxygen atoms in total. The third-order valence-electron chi connectivity index (χ3n) is 9.43. The molecule has 0 spiro atoms. The van der Waals surface area contributed by atoms with E-state index in [1.807, 2.05) is 12.1 Å². The monoisotopic (exact) mass is 504 g/mol.